The minimum Gasteiger partial charge on any atom is -0.462 e. The number of para-hydroxylation sites is 1. The summed E-state index contributed by atoms with van der Waals surface area (Å²) >= 11 is 2.53. The highest BCUT2D eigenvalue weighted by Crippen LogP contribution is 2.33. The molecule has 4 aromatic rings. The van der Waals surface area contributed by atoms with Gasteiger partial charge in [0.2, 0.25) is 0 Å². The molecule has 0 aliphatic carbocycles. The topological polar surface area (TPSA) is 77.3 Å². The maximum Gasteiger partial charge on any atom is 0.387 e. The number of carbonyl (C=O) groups excluding carboxylic acids is 1. The predicted octanol–water partition coefficient (Wildman–Crippen LogP) is 5.69. The number of rotatable bonds is 6. The van der Waals surface area contributed by atoms with Gasteiger partial charge in [-0.1, -0.05) is 12.1 Å². The minimum absolute atomic E-state index is 0.0177. The first-order valence-electron chi connectivity index (χ1n) is 8.33. The van der Waals surface area contributed by atoms with E-state index in [4.69, 9.17) is 4.42 Å². The third kappa shape index (κ3) is 4.17. The Morgan fingerprint density at radius 3 is 2.79 bits per heavy atom. The number of nitrogens with one attached hydrogen (secondary N) is 1. The third-order valence-electron chi connectivity index (χ3n) is 3.85. The second kappa shape index (κ2) is 8.10. The molecule has 1 N–H and O–H groups in total. The summed E-state index contributed by atoms with van der Waals surface area (Å²) in [4.78, 5) is 22.0. The van der Waals surface area contributed by atoms with Crippen molar-refractivity contribution >= 4 is 33.7 Å². The lowest BCUT2D eigenvalue weighted by molar-refractivity contribution is -0.0494. The standard InChI is InChI=1S/C19H13F2N3O3S2/c1-10-15(23-17(29-10)14-7-4-8-26-14)16(25)24-19-22-12(9-28-19)11-5-2-3-6-13(11)27-18(20)21/h2-9,18H,1H3,(H,22,24,25). The molecule has 1 amide bonds. The van der Waals surface area contributed by atoms with Gasteiger partial charge in [-0.05, 0) is 31.2 Å². The summed E-state index contributed by atoms with van der Waals surface area (Å²) in [7, 11) is 0. The summed E-state index contributed by atoms with van der Waals surface area (Å²) in [6.07, 6.45) is 1.54. The molecule has 0 atom stereocenters. The van der Waals surface area contributed by atoms with E-state index in [0.717, 1.165) is 4.88 Å². The molecule has 4 rings (SSSR count). The van der Waals surface area contributed by atoms with Crippen molar-refractivity contribution in [3.63, 3.8) is 0 Å². The molecular weight excluding hydrogens is 420 g/mol. The highest BCUT2D eigenvalue weighted by molar-refractivity contribution is 7.15. The van der Waals surface area contributed by atoms with Crippen molar-refractivity contribution in [2.75, 3.05) is 5.32 Å². The molecule has 148 valence electrons. The Balaban J connectivity index is 1.54. The number of ether oxygens (including phenoxy) is 1. The third-order valence-corrected chi connectivity index (χ3v) is 5.59. The number of nitrogens with zero attached hydrogens (tertiary/aromatic N) is 2. The number of anilines is 1. The van der Waals surface area contributed by atoms with Crippen LogP contribution >= 0.6 is 22.7 Å². The molecule has 0 saturated heterocycles. The second-order valence-electron chi connectivity index (χ2n) is 5.77. The van der Waals surface area contributed by atoms with Gasteiger partial charge in [0.1, 0.15) is 11.4 Å². The summed E-state index contributed by atoms with van der Waals surface area (Å²) in [5.41, 5.74) is 1.11. The summed E-state index contributed by atoms with van der Waals surface area (Å²) < 4.78 is 35.1. The SMILES string of the molecule is Cc1sc(-c2ccco2)nc1C(=O)Nc1nc(-c2ccccc2OC(F)F)cs1. The highest BCUT2D eigenvalue weighted by Gasteiger charge is 2.19. The van der Waals surface area contributed by atoms with E-state index >= 15 is 0 Å². The fraction of sp³-hybridized carbons (Fsp3) is 0.105. The summed E-state index contributed by atoms with van der Waals surface area (Å²) in [6.45, 7) is -1.14. The van der Waals surface area contributed by atoms with Crippen LogP contribution in [0.25, 0.3) is 22.0 Å². The lowest BCUT2D eigenvalue weighted by atomic mass is 10.1. The van der Waals surface area contributed by atoms with Crippen molar-refractivity contribution < 1.29 is 22.7 Å². The van der Waals surface area contributed by atoms with Crippen molar-refractivity contribution in [2.24, 2.45) is 0 Å². The van der Waals surface area contributed by atoms with Crippen LogP contribution in [-0.4, -0.2) is 22.5 Å². The molecule has 3 heterocycles. The van der Waals surface area contributed by atoms with Gasteiger partial charge in [-0.25, -0.2) is 9.97 Å². The smallest absolute Gasteiger partial charge is 0.387 e. The van der Waals surface area contributed by atoms with Gasteiger partial charge in [0.25, 0.3) is 5.91 Å². The Labute approximate surface area is 171 Å². The van der Waals surface area contributed by atoms with Crippen LogP contribution < -0.4 is 10.1 Å². The van der Waals surface area contributed by atoms with Crippen molar-refractivity contribution in [1.82, 2.24) is 9.97 Å². The Kier molecular flexibility index (Phi) is 5.36. The quantitative estimate of drug-likeness (QED) is 0.423. The molecule has 0 aliphatic rings. The van der Waals surface area contributed by atoms with E-state index in [1.165, 1.54) is 28.7 Å². The molecular formula is C19H13F2N3O3S2. The van der Waals surface area contributed by atoms with Crippen molar-refractivity contribution in [2.45, 2.75) is 13.5 Å². The Hall–Kier alpha value is -3.11. The van der Waals surface area contributed by atoms with E-state index in [1.54, 1.807) is 48.9 Å². The Morgan fingerprint density at radius 1 is 1.21 bits per heavy atom. The van der Waals surface area contributed by atoms with Crippen molar-refractivity contribution in [3.8, 4) is 27.8 Å². The van der Waals surface area contributed by atoms with Crippen LogP contribution in [0.4, 0.5) is 13.9 Å². The molecule has 0 radical (unpaired) electrons. The number of carbonyl (C=O) groups is 1. The molecule has 0 aliphatic heterocycles. The normalized spacial score (nSPS) is 11.0. The first kappa shape index (κ1) is 19.2. The summed E-state index contributed by atoms with van der Waals surface area (Å²) in [6, 6.07) is 9.87. The zero-order valence-electron chi connectivity index (χ0n) is 14.9. The van der Waals surface area contributed by atoms with E-state index < -0.39 is 12.5 Å². The number of benzene rings is 1. The zero-order chi connectivity index (χ0) is 20.4. The zero-order valence-corrected chi connectivity index (χ0v) is 16.5. The first-order valence-corrected chi connectivity index (χ1v) is 10.0. The average Bonchev–Trinajstić information content (AvgIpc) is 3.42. The van der Waals surface area contributed by atoms with Crippen LogP contribution in [0.15, 0.2) is 52.5 Å². The van der Waals surface area contributed by atoms with Gasteiger partial charge in [-0.3, -0.25) is 10.1 Å². The number of halogens is 2. The van der Waals surface area contributed by atoms with Crippen molar-refractivity contribution in [1.29, 1.82) is 0 Å². The molecule has 6 nitrogen and oxygen atoms in total. The molecule has 0 saturated carbocycles. The number of hydrogen-bond donors (Lipinski definition) is 1. The number of hydrogen-bond acceptors (Lipinski definition) is 7. The van der Waals surface area contributed by atoms with Gasteiger partial charge in [-0.15, -0.1) is 22.7 Å². The van der Waals surface area contributed by atoms with Crippen LogP contribution in [0.3, 0.4) is 0 Å². The lowest BCUT2D eigenvalue weighted by Crippen LogP contribution is -2.13. The van der Waals surface area contributed by atoms with Crippen LogP contribution in [0.1, 0.15) is 15.4 Å². The van der Waals surface area contributed by atoms with Crippen LogP contribution in [0, 0.1) is 6.92 Å². The summed E-state index contributed by atoms with van der Waals surface area (Å²) in [5, 5.41) is 5.29. The Bertz CT molecular complexity index is 1140. The molecule has 1 aromatic carbocycles. The maximum atomic E-state index is 12.6. The second-order valence-corrected chi connectivity index (χ2v) is 7.83. The van der Waals surface area contributed by atoms with Crippen LogP contribution in [-0.2, 0) is 0 Å². The van der Waals surface area contributed by atoms with Crippen molar-refractivity contribution in [3.05, 3.63) is 58.6 Å². The predicted molar refractivity (Wildman–Crippen MR) is 107 cm³/mol. The molecule has 10 heteroatoms. The first-order chi connectivity index (χ1) is 14.0. The number of thiazole rings is 2. The Morgan fingerprint density at radius 2 is 2.03 bits per heavy atom. The minimum atomic E-state index is -2.94. The van der Waals surface area contributed by atoms with Gasteiger partial charge >= 0.3 is 6.61 Å². The average molecular weight is 433 g/mol. The fourth-order valence-corrected chi connectivity index (χ4v) is 4.19. The fourth-order valence-electron chi connectivity index (χ4n) is 2.60. The van der Waals surface area contributed by atoms with E-state index in [1.807, 2.05) is 0 Å². The molecule has 29 heavy (non-hydrogen) atoms. The van der Waals surface area contributed by atoms with E-state index in [0.29, 0.717) is 27.2 Å². The number of alkyl halides is 2. The van der Waals surface area contributed by atoms with Gasteiger partial charge in [-0.2, -0.15) is 8.78 Å². The highest BCUT2D eigenvalue weighted by atomic mass is 32.1. The van der Waals surface area contributed by atoms with Gasteiger partial charge in [0, 0.05) is 15.8 Å². The molecule has 0 bridgehead atoms. The summed E-state index contributed by atoms with van der Waals surface area (Å²) in [5.74, 6) is 0.197. The van der Waals surface area contributed by atoms with Crippen LogP contribution in [0.5, 0.6) is 5.75 Å². The number of amides is 1. The molecule has 0 fully saturated rings. The van der Waals surface area contributed by atoms with Gasteiger partial charge in [0.05, 0.1) is 12.0 Å². The molecule has 0 unspecified atom stereocenters. The van der Waals surface area contributed by atoms with E-state index in [9.17, 15) is 13.6 Å². The number of aromatic nitrogens is 2. The molecule has 0 spiro atoms. The van der Waals surface area contributed by atoms with Gasteiger partial charge in [0.15, 0.2) is 15.9 Å². The lowest BCUT2D eigenvalue weighted by Gasteiger charge is -2.08. The van der Waals surface area contributed by atoms with E-state index in [-0.39, 0.29) is 11.4 Å². The number of furan rings is 1. The van der Waals surface area contributed by atoms with Gasteiger partial charge < -0.3 is 9.15 Å². The van der Waals surface area contributed by atoms with Crippen LogP contribution in [0.2, 0.25) is 0 Å². The largest absolute Gasteiger partial charge is 0.462 e. The number of aryl methyl sites for hydroxylation is 1. The molecule has 3 aromatic heterocycles. The van der Waals surface area contributed by atoms with E-state index in [2.05, 4.69) is 20.0 Å². The maximum absolute atomic E-state index is 12.6. The monoisotopic (exact) mass is 433 g/mol.